The summed E-state index contributed by atoms with van der Waals surface area (Å²) in [7, 11) is 0. The summed E-state index contributed by atoms with van der Waals surface area (Å²) < 4.78 is 44.6. The van der Waals surface area contributed by atoms with Crippen molar-refractivity contribution in [3.8, 4) is 5.75 Å². The van der Waals surface area contributed by atoms with Gasteiger partial charge in [0.15, 0.2) is 0 Å². The summed E-state index contributed by atoms with van der Waals surface area (Å²) in [5.74, 6) is -2.04. The normalized spacial score (nSPS) is 16.3. The fourth-order valence-electron chi connectivity index (χ4n) is 2.78. The molecule has 0 bridgehead atoms. The molecule has 1 aromatic rings. The Morgan fingerprint density at radius 2 is 1.91 bits per heavy atom. The Morgan fingerprint density at radius 3 is 2.52 bits per heavy atom. The van der Waals surface area contributed by atoms with Crippen molar-refractivity contribution in [3.63, 3.8) is 0 Å². The summed E-state index contributed by atoms with van der Waals surface area (Å²) in [6, 6.07) is 3.36. The molecule has 1 saturated heterocycles. The van der Waals surface area contributed by atoms with Crippen molar-refractivity contribution in [1.82, 2.24) is 4.90 Å². The Hall–Kier alpha value is -1.76. The number of ether oxygens (including phenoxy) is 1. The van der Waals surface area contributed by atoms with Gasteiger partial charge in [0, 0.05) is 6.54 Å². The maximum atomic E-state index is 13.1. The highest BCUT2D eigenvalue weighted by molar-refractivity contribution is 5.90. The molecule has 0 radical (unpaired) electrons. The molecule has 0 amide bonds. The number of piperidine rings is 1. The highest BCUT2D eigenvalue weighted by atomic mass is 19.4. The zero-order valence-corrected chi connectivity index (χ0v) is 12.7. The number of hydrogen-bond acceptors (Lipinski definition) is 3. The number of halogens is 3. The van der Waals surface area contributed by atoms with Gasteiger partial charge in [0.1, 0.15) is 11.3 Å². The van der Waals surface area contributed by atoms with Gasteiger partial charge < -0.3 is 14.7 Å². The van der Waals surface area contributed by atoms with Crippen molar-refractivity contribution in [2.75, 3.05) is 26.2 Å². The number of nitrogens with zero attached hydrogens (tertiary/aromatic N) is 1. The number of carbonyl (C=O) groups is 1. The molecule has 1 N–H and O–H groups in total. The second kappa shape index (κ2) is 7.68. The summed E-state index contributed by atoms with van der Waals surface area (Å²) in [6.07, 6.45) is -0.630. The molecular formula is C16H20F3NO3. The van der Waals surface area contributed by atoms with Gasteiger partial charge in [0.2, 0.25) is 0 Å². The van der Waals surface area contributed by atoms with Gasteiger partial charge in [-0.2, -0.15) is 13.2 Å². The van der Waals surface area contributed by atoms with Crippen molar-refractivity contribution in [2.45, 2.75) is 31.9 Å². The summed E-state index contributed by atoms with van der Waals surface area (Å²) >= 11 is 0. The minimum atomic E-state index is -4.77. The molecule has 1 aliphatic heterocycles. The van der Waals surface area contributed by atoms with Gasteiger partial charge in [0.25, 0.3) is 0 Å². The van der Waals surface area contributed by atoms with Crippen LogP contribution in [0.2, 0.25) is 0 Å². The molecule has 0 atom stereocenters. The molecule has 1 heterocycles. The predicted molar refractivity (Wildman–Crippen MR) is 78.8 cm³/mol. The fraction of sp³-hybridized carbons (Fsp3) is 0.562. The molecule has 0 unspecified atom stereocenters. The number of aromatic carboxylic acids is 1. The van der Waals surface area contributed by atoms with E-state index in [2.05, 4.69) is 4.90 Å². The van der Waals surface area contributed by atoms with E-state index in [4.69, 9.17) is 9.84 Å². The van der Waals surface area contributed by atoms with Crippen LogP contribution in [0.15, 0.2) is 18.2 Å². The SMILES string of the molecule is O=C(O)c1cccc(OCCCN2CCCCC2)c1C(F)(F)F. The van der Waals surface area contributed by atoms with Crippen molar-refractivity contribution >= 4 is 5.97 Å². The third-order valence-electron chi connectivity index (χ3n) is 3.87. The lowest BCUT2D eigenvalue weighted by Gasteiger charge is -2.26. The van der Waals surface area contributed by atoms with E-state index in [0.29, 0.717) is 6.42 Å². The molecule has 23 heavy (non-hydrogen) atoms. The standard InChI is InChI=1S/C16H20F3NO3/c17-16(18,19)14-12(15(21)22)6-4-7-13(14)23-11-5-10-20-8-2-1-3-9-20/h4,6-7H,1-3,5,8-11H2,(H,21,22). The maximum Gasteiger partial charge on any atom is 0.420 e. The van der Waals surface area contributed by atoms with Crippen LogP contribution in [-0.4, -0.2) is 42.2 Å². The summed E-state index contributed by atoms with van der Waals surface area (Å²) in [5.41, 5.74) is -2.00. The first-order valence-electron chi connectivity index (χ1n) is 7.68. The van der Waals surface area contributed by atoms with E-state index >= 15 is 0 Å². The van der Waals surface area contributed by atoms with Crippen LogP contribution in [-0.2, 0) is 6.18 Å². The molecule has 1 aromatic carbocycles. The number of hydrogen-bond donors (Lipinski definition) is 1. The topological polar surface area (TPSA) is 49.8 Å². The molecule has 1 aliphatic rings. The molecule has 0 aromatic heterocycles. The smallest absolute Gasteiger partial charge is 0.420 e. The van der Waals surface area contributed by atoms with Crippen molar-refractivity contribution in [1.29, 1.82) is 0 Å². The molecule has 0 aliphatic carbocycles. The van der Waals surface area contributed by atoms with Crippen LogP contribution < -0.4 is 4.74 Å². The highest BCUT2D eigenvalue weighted by Crippen LogP contribution is 2.38. The van der Waals surface area contributed by atoms with E-state index in [0.717, 1.165) is 44.6 Å². The van der Waals surface area contributed by atoms with Crippen molar-refractivity contribution < 1.29 is 27.8 Å². The summed E-state index contributed by atoms with van der Waals surface area (Å²) in [6.45, 7) is 2.94. The zero-order chi connectivity index (χ0) is 16.9. The Balaban J connectivity index is 1.99. The van der Waals surface area contributed by atoms with Gasteiger partial charge in [-0.1, -0.05) is 12.5 Å². The Labute approximate surface area is 132 Å². The van der Waals surface area contributed by atoms with Crippen molar-refractivity contribution in [3.05, 3.63) is 29.3 Å². The molecule has 2 rings (SSSR count). The number of benzene rings is 1. The van der Waals surface area contributed by atoms with E-state index < -0.39 is 29.0 Å². The van der Waals surface area contributed by atoms with E-state index in [1.807, 2.05) is 0 Å². The first kappa shape index (κ1) is 17.6. The monoisotopic (exact) mass is 331 g/mol. The number of carboxylic acids is 1. The quantitative estimate of drug-likeness (QED) is 0.808. The Morgan fingerprint density at radius 1 is 1.22 bits per heavy atom. The molecule has 128 valence electrons. The van der Waals surface area contributed by atoms with Crippen LogP contribution in [0.5, 0.6) is 5.75 Å². The number of likely N-dealkylation sites (tertiary alicyclic amines) is 1. The van der Waals surface area contributed by atoms with E-state index in [1.54, 1.807) is 0 Å². The van der Waals surface area contributed by atoms with Crippen LogP contribution in [0.1, 0.15) is 41.6 Å². The second-order valence-corrected chi connectivity index (χ2v) is 5.59. The Bertz CT molecular complexity index is 540. The van der Waals surface area contributed by atoms with Gasteiger partial charge in [-0.05, 0) is 44.5 Å². The number of carboxylic acid groups (broad SMARTS) is 1. The molecular weight excluding hydrogens is 311 g/mol. The van der Waals surface area contributed by atoms with Crippen LogP contribution in [0, 0.1) is 0 Å². The van der Waals surface area contributed by atoms with Crippen LogP contribution in [0.25, 0.3) is 0 Å². The van der Waals surface area contributed by atoms with Gasteiger partial charge >= 0.3 is 12.1 Å². The van der Waals surface area contributed by atoms with Crippen LogP contribution in [0.3, 0.4) is 0 Å². The van der Waals surface area contributed by atoms with Gasteiger partial charge in [-0.25, -0.2) is 4.79 Å². The first-order valence-corrected chi connectivity index (χ1v) is 7.68. The molecule has 4 nitrogen and oxygen atoms in total. The fourth-order valence-corrected chi connectivity index (χ4v) is 2.78. The van der Waals surface area contributed by atoms with E-state index in [1.165, 1.54) is 12.5 Å². The Kier molecular flexibility index (Phi) is 5.87. The van der Waals surface area contributed by atoms with E-state index in [-0.39, 0.29) is 6.61 Å². The average molecular weight is 331 g/mol. The summed E-state index contributed by atoms with van der Waals surface area (Å²) in [4.78, 5) is 13.3. The third-order valence-corrected chi connectivity index (χ3v) is 3.87. The summed E-state index contributed by atoms with van der Waals surface area (Å²) in [5, 5.41) is 8.93. The maximum absolute atomic E-state index is 13.1. The molecule has 7 heteroatoms. The van der Waals surface area contributed by atoms with Gasteiger partial charge in [0.05, 0.1) is 12.2 Å². The predicted octanol–water partition coefficient (Wildman–Crippen LogP) is 3.66. The molecule has 0 saturated carbocycles. The lowest BCUT2D eigenvalue weighted by Crippen LogP contribution is -2.31. The van der Waals surface area contributed by atoms with Gasteiger partial charge in [-0.15, -0.1) is 0 Å². The average Bonchev–Trinajstić information content (AvgIpc) is 2.51. The van der Waals surface area contributed by atoms with Crippen molar-refractivity contribution in [2.24, 2.45) is 0 Å². The lowest BCUT2D eigenvalue weighted by atomic mass is 10.1. The lowest BCUT2D eigenvalue weighted by molar-refractivity contribution is -0.139. The zero-order valence-electron chi connectivity index (χ0n) is 12.7. The number of rotatable bonds is 6. The molecule has 1 fully saturated rings. The highest BCUT2D eigenvalue weighted by Gasteiger charge is 2.39. The minimum Gasteiger partial charge on any atom is -0.493 e. The molecule has 0 spiro atoms. The number of alkyl halides is 3. The van der Waals surface area contributed by atoms with Crippen LogP contribution in [0.4, 0.5) is 13.2 Å². The first-order chi connectivity index (χ1) is 10.9. The van der Waals surface area contributed by atoms with Gasteiger partial charge in [-0.3, -0.25) is 0 Å². The van der Waals surface area contributed by atoms with Crippen LogP contribution >= 0.6 is 0 Å². The third kappa shape index (κ3) is 4.86. The largest absolute Gasteiger partial charge is 0.493 e. The minimum absolute atomic E-state index is 0.128. The van der Waals surface area contributed by atoms with E-state index in [9.17, 15) is 18.0 Å². The second-order valence-electron chi connectivity index (χ2n) is 5.59.